The lowest BCUT2D eigenvalue weighted by atomic mass is 10.1. The molecule has 1 aliphatic rings. The van der Waals surface area contributed by atoms with Crippen LogP contribution in [0.4, 0.5) is 18.9 Å². The number of alkyl halides is 3. The van der Waals surface area contributed by atoms with Crippen LogP contribution in [0.15, 0.2) is 35.3 Å². The number of hydrogen-bond acceptors (Lipinski definition) is 1. The molecule has 1 amide bonds. The number of halogens is 4. The molecule has 1 aromatic rings. The van der Waals surface area contributed by atoms with Crippen molar-refractivity contribution in [3.8, 4) is 0 Å². The van der Waals surface area contributed by atoms with E-state index in [-0.39, 0.29) is 16.3 Å². The Balaban J connectivity index is 2.32. The Morgan fingerprint density at radius 3 is 2.58 bits per heavy atom. The summed E-state index contributed by atoms with van der Waals surface area (Å²) in [6.07, 6.45) is -2.35. The monoisotopic (exact) mass is 333 g/mol. The maximum absolute atomic E-state index is 12.6. The number of nitrogens with zero attached hydrogens (tertiary/aromatic N) is 1. The summed E-state index contributed by atoms with van der Waals surface area (Å²) in [5, 5.41) is 0. The molecule has 1 aromatic carbocycles. The Hall–Kier alpha value is -1.30. The van der Waals surface area contributed by atoms with Crippen molar-refractivity contribution in [3.63, 3.8) is 0 Å². The van der Waals surface area contributed by atoms with Gasteiger partial charge >= 0.3 is 6.18 Å². The van der Waals surface area contributed by atoms with Crippen LogP contribution in [-0.2, 0) is 11.0 Å². The molecule has 0 aliphatic carbocycles. The highest BCUT2D eigenvalue weighted by molar-refractivity contribution is 9.10. The van der Waals surface area contributed by atoms with Crippen molar-refractivity contribution in [2.24, 2.45) is 5.92 Å². The number of hydrogen-bond donors (Lipinski definition) is 0. The van der Waals surface area contributed by atoms with Crippen molar-refractivity contribution >= 4 is 27.5 Å². The number of amides is 1. The van der Waals surface area contributed by atoms with Crippen LogP contribution < -0.4 is 4.90 Å². The SMILES string of the molecule is C=CC1CC(=O)N(c2ccc(C(F)(F)F)cc2Br)C1. The third-order valence-electron chi connectivity index (χ3n) is 3.05. The van der Waals surface area contributed by atoms with Crippen molar-refractivity contribution in [2.45, 2.75) is 12.6 Å². The van der Waals surface area contributed by atoms with Crippen LogP contribution in [-0.4, -0.2) is 12.5 Å². The van der Waals surface area contributed by atoms with Crippen molar-refractivity contribution in [1.82, 2.24) is 0 Å². The standard InChI is InChI=1S/C13H11BrF3NO/c1-2-8-5-12(19)18(7-8)11-4-3-9(6-10(11)14)13(15,16)17/h2-4,6,8H,1,5,7H2. The molecule has 0 radical (unpaired) electrons. The fourth-order valence-corrected chi connectivity index (χ4v) is 2.62. The molecular weight excluding hydrogens is 323 g/mol. The van der Waals surface area contributed by atoms with E-state index >= 15 is 0 Å². The van der Waals surface area contributed by atoms with E-state index in [1.54, 1.807) is 6.08 Å². The summed E-state index contributed by atoms with van der Waals surface area (Å²) < 4.78 is 37.9. The number of carbonyl (C=O) groups excluding carboxylic acids is 1. The summed E-state index contributed by atoms with van der Waals surface area (Å²) in [5.41, 5.74) is -0.280. The van der Waals surface area contributed by atoms with Crippen LogP contribution in [0.25, 0.3) is 0 Å². The third-order valence-corrected chi connectivity index (χ3v) is 3.69. The van der Waals surface area contributed by atoms with Crippen LogP contribution in [0.1, 0.15) is 12.0 Å². The highest BCUT2D eigenvalue weighted by atomic mass is 79.9. The van der Waals surface area contributed by atoms with Crippen molar-refractivity contribution in [2.75, 3.05) is 11.4 Å². The molecule has 0 N–H and O–H groups in total. The number of benzene rings is 1. The van der Waals surface area contributed by atoms with Gasteiger partial charge in [-0.3, -0.25) is 4.79 Å². The second-order valence-electron chi connectivity index (χ2n) is 4.37. The minimum atomic E-state index is -4.39. The molecule has 1 unspecified atom stereocenters. The van der Waals surface area contributed by atoms with Gasteiger partial charge in [-0.15, -0.1) is 6.58 Å². The second kappa shape index (κ2) is 5.00. The summed E-state index contributed by atoms with van der Waals surface area (Å²) in [6.45, 7) is 4.09. The van der Waals surface area contributed by atoms with E-state index in [1.807, 2.05) is 0 Å². The molecule has 0 bridgehead atoms. The van der Waals surface area contributed by atoms with E-state index in [1.165, 1.54) is 11.0 Å². The second-order valence-corrected chi connectivity index (χ2v) is 5.22. The highest BCUT2D eigenvalue weighted by Gasteiger charge is 2.33. The lowest BCUT2D eigenvalue weighted by molar-refractivity contribution is -0.137. The normalized spacial score (nSPS) is 19.9. The smallest absolute Gasteiger partial charge is 0.311 e. The first-order valence-electron chi connectivity index (χ1n) is 5.62. The quantitative estimate of drug-likeness (QED) is 0.749. The van der Waals surface area contributed by atoms with Crippen molar-refractivity contribution in [3.05, 3.63) is 40.9 Å². The van der Waals surface area contributed by atoms with E-state index in [9.17, 15) is 18.0 Å². The van der Waals surface area contributed by atoms with Gasteiger partial charge in [0.25, 0.3) is 0 Å². The lowest BCUT2D eigenvalue weighted by Crippen LogP contribution is -2.24. The molecule has 2 rings (SSSR count). The molecule has 0 saturated carbocycles. The molecule has 1 aliphatic heterocycles. The summed E-state index contributed by atoms with van der Waals surface area (Å²) in [5.74, 6) is -0.0629. The van der Waals surface area contributed by atoms with Gasteiger partial charge in [0.05, 0.1) is 11.3 Å². The molecule has 1 fully saturated rings. The predicted octanol–water partition coefficient (Wildman–Crippen LogP) is 4.01. The minimum Gasteiger partial charge on any atom is -0.311 e. The summed E-state index contributed by atoms with van der Waals surface area (Å²) in [4.78, 5) is 13.3. The minimum absolute atomic E-state index is 0.0432. The first kappa shape index (κ1) is 14.1. The topological polar surface area (TPSA) is 20.3 Å². The van der Waals surface area contributed by atoms with Crippen LogP contribution in [0, 0.1) is 5.92 Å². The number of rotatable bonds is 2. The molecule has 1 heterocycles. The van der Waals surface area contributed by atoms with Gasteiger partial charge < -0.3 is 4.90 Å². The first-order valence-corrected chi connectivity index (χ1v) is 6.42. The van der Waals surface area contributed by atoms with E-state index < -0.39 is 11.7 Å². The average Bonchev–Trinajstić information content (AvgIpc) is 2.69. The number of carbonyl (C=O) groups is 1. The van der Waals surface area contributed by atoms with Gasteiger partial charge in [-0.25, -0.2) is 0 Å². The fourth-order valence-electron chi connectivity index (χ4n) is 2.03. The van der Waals surface area contributed by atoms with Gasteiger partial charge in [0.15, 0.2) is 0 Å². The van der Waals surface area contributed by atoms with Gasteiger partial charge in [-0.05, 0) is 34.1 Å². The Kier molecular flexibility index (Phi) is 3.71. The molecule has 1 saturated heterocycles. The Morgan fingerprint density at radius 1 is 1.42 bits per heavy atom. The number of anilines is 1. The molecule has 2 nitrogen and oxygen atoms in total. The van der Waals surface area contributed by atoms with E-state index in [0.717, 1.165) is 12.1 Å². The highest BCUT2D eigenvalue weighted by Crippen LogP contribution is 2.37. The van der Waals surface area contributed by atoms with Gasteiger partial charge in [-0.2, -0.15) is 13.2 Å². The average molecular weight is 334 g/mol. The maximum atomic E-state index is 12.6. The molecule has 0 spiro atoms. The van der Waals surface area contributed by atoms with Crippen LogP contribution in [0.2, 0.25) is 0 Å². The zero-order valence-corrected chi connectivity index (χ0v) is 11.5. The maximum Gasteiger partial charge on any atom is 0.416 e. The molecule has 0 aromatic heterocycles. The molecule has 1 atom stereocenters. The molecule has 6 heteroatoms. The van der Waals surface area contributed by atoms with Crippen molar-refractivity contribution in [1.29, 1.82) is 0 Å². The van der Waals surface area contributed by atoms with Gasteiger partial charge in [0, 0.05) is 23.4 Å². The fraction of sp³-hybridized carbons (Fsp3) is 0.308. The largest absolute Gasteiger partial charge is 0.416 e. The zero-order valence-electron chi connectivity index (χ0n) is 9.88. The van der Waals surface area contributed by atoms with Gasteiger partial charge in [-0.1, -0.05) is 6.08 Å². The summed E-state index contributed by atoms with van der Waals surface area (Å²) >= 11 is 3.10. The molecular formula is C13H11BrF3NO. The summed E-state index contributed by atoms with van der Waals surface area (Å²) in [7, 11) is 0. The van der Waals surface area contributed by atoms with E-state index in [2.05, 4.69) is 22.5 Å². The van der Waals surface area contributed by atoms with Crippen LogP contribution in [0.3, 0.4) is 0 Å². The predicted molar refractivity (Wildman–Crippen MR) is 69.8 cm³/mol. The Bertz CT molecular complexity index is 527. The van der Waals surface area contributed by atoms with Gasteiger partial charge in [0.2, 0.25) is 5.91 Å². The van der Waals surface area contributed by atoms with Crippen LogP contribution in [0.5, 0.6) is 0 Å². The Labute approximate surface area is 117 Å². The lowest BCUT2D eigenvalue weighted by Gasteiger charge is -2.19. The molecule has 19 heavy (non-hydrogen) atoms. The van der Waals surface area contributed by atoms with Crippen molar-refractivity contribution < 1.29 is 18.0 Å². The van der Waals surface area contributed by atoms with E-state index in [4.69, 9.17) is 0 Å². The Morgan fingerprint density at radius 2 is 2.11 bits per heavy atom. The summed E-state index contributed by atoms with van der Waals surface area (Å²) in [6, 6.07) is 3.29. The third kappa shape index (κ3) is 2.83. The first-order chi connectivity index (χ1) is 8.82. The van der Waals surface area contributed by atoms with Gasteiger partial charge in [0.1, 0.15) is 0 Å². The van der Waals surface area contributed by atoms with E-state index in [0.29, 0.717) is 18.7 Å². The molecule has 102 valence electrons. The van der Waals surface area contributed by atoms with Crippen LogP contribution >= 0.6 is 15.9 Å². The zero-order chi connectivity index (χ0) is 14.2.